The predicted molar refractivity (Wildman–Crippen MR) is 176 cm³/mol. The lowest BCUT2D eigenvalue weighted by Crippen LogP contribution is -2.39. The molecule has 232 valence electrons. The number of hydrogen-bond donors (Lipinski definition) is 0. The first-order chi connectivity index (χ1) is 21.2. The lowest BCUT2D eigenvalue weighted by atomic mass is 10.0. The van der Waals surface area contributed by atoms with E-state index in [1.54, 1.807) is 42.5 Å². The molecule has 3 atom stereocenters. The minimum Gasteiger partial charge on any atom is -0.493 e. The predicted octanol–water partition coefficient (Wildman–Crippen LogP) is 6.65. The summed E-state index contributed by atoms with van der Waals surface area (Å²) < 4.78 is 64.4. The van der Waals surface area contributed by atoms with Gasteiger partial charge in [-0.1, -0.05) is 68.4 Å². The van der Waals surface area contributed by atoms with E-state index in [2.05, 4.69) is 13.8 Å². The monoisotopic (exact) mass is 633 g/mol. The molecular formula is C35H40NO6PS. The zero-order valence-electron chi connectivity index (χ0n) is 25.8. The van der Waals surface area contributed by atoms with Gasteiger partial charge < -0.3 is 14.2 Å². The second-order valence-corrected chi connectivity index (χ2v) is 16.3. The van der Waals surface area contributed by atoms with E-state index in [9.17, 15) is 8.42 Å². The van der Waals surface area contributed by atoms with Crippen LogP contribution >= 0.6 is 7.29 Å². The molecule has 0 amide bonds. The zero-order valence-corrected chi connectivity index (χ0v) is 27.5. The molecule has 0 saturated carbocycles. The summed E-state index contributed by atoms with van der Waals surface area (Å²) in [5.41, 5.74) is 0.627. The van der Waals surface area contributed by atoms with Crippen molar-refractivity contribution in [2.75, 3.05) is 21.3 Å². The maximum Gasteiger partial charge on any atom is 0.208 e. The minimum atomic E-state index is -3.89. The van der Waals surface area contributed by atoms with E-state index in [0.29, 0.717) is 46.3 Å². The van der Waals surface area contributed by atoms with Crippen LogP contribution in [0.3, 0.4) is 0 Å². The molecule has 4 aromatic rings. The van der Waals surface area contributed by atoms with E-state index in [0.717, 1.165) is 0 Å². The van der Waals surface area contributed by atoms with Crippen molar-refractivity contribution in [3.05, 3.63) is 109 Å². The molecule has 4 aromatic carbocycles. The molecule has 0 radical (unpaired) electrons. The molecule has 0 N–H and O–H groups in total. The summed E-state index contributed by atoms with van der Waals surface area (Å²) in [5, 5.41) is 0.391. The normalized spacial score (nSPS) is 19.2. The Bertz CT molecular complexity index is 1650. The van der Waals surface area contributed by atoms with Gasteiger partial charge in [0, 0.05) is 16.7 Å². The molecule has 9 heteroatoms. The van der Waals surface area contributed by atoms with Crippen molar-refractivity contribution >= 4 is 27.7 Å². The Balaban J connectivity index is 1.86. The molecule has 1 saturated heterocycles. The Morgan fingerprint density at radius 1 is 0.773 bits per heavy atom. The number of rotatable bonds is 11. The molecule has 1 heterocycles. The van der Waals surface area contributed by atoms with E-state index in [-0.39, 0.29) is 16.9 Å². The van der Waals surface area contributed by atoms with E-state index in [1.807, 2.05) is 65.3 Å². The van der Waals surface area contributed by atoms with Crippen molar-refractivity contribution in [1.82, 2.24) is 4.67 Å². The lowest BCUT2D eigenvalue weighted by molar-refractivity contribution is 0.292. The summed E-state index contributed by atoms with van der Waals surface area (Å²) in [7, 11) is -2.91. The summed E-state index contributed by atoms with van der Waals surface area (Å²) in [6, 6.07) is 29.9. The summed E-state index contributed by atoms with van der Waals surface area (Å²) in [5.74, 6) is 1.43. The lowest BCUT2D eigenvalue weighted by Gasteiger charge is -2.39. The fourth-order valence-corrected chi connectivity index (χ4v) is 11.8. The third-order valence-corrected chi connectivity index (χ3v) is 13.7. The molecule has 0 aromatic heterocycles. The van der Waals surface area contributed by atoms with Gasteiger partial charge in [-0.15, -0.1) is 0 Å². The van der Waals surface area contributed by atoms with Crippen molar-refractivity contribution in [3.8, 4) is 17.2 Å². The van der Waals surface area contributed by atoms with Crippen LogP contribution in [0.1, 0.15) is 38.3 Å². The average Bonchev–Trinajstić information content (AvgIpc) is 3.44. The van der Waals surface area contributed by atoms with Gasteiger partial charge in [0.15, 0.2) is 21.3 Å². The Morgan fingerprint density at radius 3 is 1.68 bits per heavy atom. The van der Waals surface area contributed by atoms with Gasteiger partial charge in [-0.2, -0.15) is 0 Å². The van der Waals surface area contributed by atoms with Crippen LogP contribution in [0.2, 0.25) is 0 Å². The fraction of sp³-hybridized carbons (Fsp3) is 0.314. The standard InChI is InChI=1S/C35H40NO6PS/c1-25(2)21-27-24-33(44(38,39)30-19-13-8-14-20-30)34(26-22-31(40-3)35(42-5)32(23-26)41-4)36(27)43(37,28-15-9-6-10-16-28)29-17-11-7-12-18-29/h6-20,22-23,25,27,33-34H,21,24H2,1-5H3/t27-,33-,34+/m0/s1. The quantitative estimate of drug-likeness (QED) is 0.171. The number of ether oxygens (including phenoxy) is 3. The van der Waals surface area contributed by atoms with Gasteiger partial charge in [-0.3, -0.25) is 4.57 Å². The van der Waals surface area contributed by atoms with Crippen LogP contribution in [0.5, 0.6) is 17.2 Å². The Kier molecular flexibility index (Phi) is 9.54. The summed E-state index contributed by atoms with van der Waals surface area (Å²) in [6.45, 7) is 4.23. The molecule has 0 aliphatic carbocycles. The van der Waals surface area contributed by atoms with Gasteiger partial charge in [-0.05, 0) is 72.9 Å². The van der Waals surface area contributed by atoms with Crippen molar-refractivity contribution in [2.45, 2.75) is 48.9 Å². The summed E-state index contributed by atoms with van der Waals surface area (Å²) in [4.78, 5) is 0.238. The van der Waals surface area contributed by atoms with Crippen LogP contribution in [0.15, 0.2) is 108 Å². The third kappa shape index (κ3) is 5.79. The number of sulfone groups is 1. The number of hydrogen-bond acceptors (Lipinski definition) is 6. The summed E-state index contributed by atoms with van der Waals surface area (Å²) >= 11 is 0. The second kappa shape index (κ2) is 13.2. The average molecular weight is 634 g/mol. The molecule has 0 spiro atoms. The van der Waals surface area contributed by atoms with Crippen molar-refractivity contribution < 1.29 is 27.2 Å². The van der Waals surface area contributed by atoms with Gasteiger partial charge in [0.2, 0.25) is 13.0 Å². The van der Waals surface area contributed by atoms with Gasteiger partial charge in [0.25, 0.3) is 0 Å². The van der Waals surface area contributed by atoms with Gasteiger partial charge >= 0.3 is 0 Å². The van der Waals surface area contributed by atoms with E-state index in [1.165, 1.54) is 21.3 Å². The molecular weight excluding hydrogens is 593 g/mol. The Morgan fingerprint density at radius 2 is 1.25 bits per heavy atom. The zero-order chi connectivity index (χ0) is 31.5. The highest BCUT2D eigenvalue weighted by atomic mass is 32.2. The molecule has 0 unspecified atom stereocenters. The number of methoxy groups -OCH3 is 3. The van der Waals surface area contributed by atoms with Crippen LogP contribution < -0.4 is 24.8 Å². The van der Waals surface area contributed by atoms with E-state index >= 15 is 4.57 Å². The maximum atomic E-state index is 16.1. The van der Waals surface area contributed by atoms with E-state index < -0.39 is 28.4 Å². The van der Waals surface area contributed by atoms with Gasteiger partial charge in [-0.25, -0.2) is 13.1 Å². The molecule has 1 aliphatic rings. The molecule has 0 bridgehead atoms. The highest BCUT2D eigenvalue weighted by Gasteiger charge is 2.55. The minimum absolute atomic E-state index is 0.223. The molecule has 1 aliphatic heterocycles. The van der Waals surface area contributed by atoms with Crippen molar-refractivity contribution in [2.24, 2.45) is 5.92 Å². The highest BCUT2D eigenvalue weighted by Crippen LogP contribution is 2.61. The maximum absolute atomic E-state index is 16.1. The first-order valence-electron chi connectivity index (χ1n) is 14.8. The third-order valence-electron chi connectivity index (χ3n) is 8.30. The summed E-state index contributed by atoms with van der Waals surface area (Å²) in [6.07, 6.45) is 0.964. The number of benzene rings is 4. The first-order valence-corrected chi connectivity index (χ1v) is 18.0. The van der Waals surface area contributed by atoms with Crippen molar-refractivity contribution in [3.63, 3.8) is 0 Å². The van der Waals surface area contributed by atoms with Crippen LogP contribution in [0.25, 0.3) is 0 Å². The smallest absolute Gasteiger partial charge is 0.208 e. The number of nitrogens with zero attached hydrogens (tertiary/aromatic N) is 1. The van der Waals surface area contributed by atoms with Crippen molar-refractivity contribution in [1.29, 1.82) is 0 Å². The topological polar surface area (TPSA) is 82.1 Å². The van der Waals surface area contributed by atoms with Gasteiger partial charge in [0.05, 0.1) is 37.5 Å². The first kappa shape index (κ1) is 31.8. The Labute approximate surface area is 261 Å². The second-order valence-electron chi connectivity index (χ2n) is 11.4. The van der Waals surface area contributed by atoms with E-state index in [4.69, 9.17) is 14.2 Å². The molecule has 1 fully saturated rings. The van der Waals surface area contributed by atoms with Crippen LogP contribution in [0.4, 0.5) is 0 Å². The molecule has 7 nitrogen and oxygen atoms in total. The van der Waals surface area contributed by atoms with Crippen LogP contribution in [0, 0.1) is 5.92 Å². The Hall–Kier alpha value is -3.58. The van der Waals surface area contributed by atoms with Crippen LogP contribution in [-0.4, -0.2) is 45.7 Å². The fourth-order valence-electron chi connectivity index (χ4n) is 6.45. The molecule has 44 heavy (non-hydrogen) atoms. The van der Waals surface area contributed by atoms with Crippen LogP contribution in [-0.2, 0) is 14.4 Å². The largest absolute Gasteiger partial charge is 0.493 e. The molecule has 5 rings (SSSR count). The van der Waals surface area contributed by atoms with Gasteiger partial charge in [0.1, 0.15) is 0 Å². The highest BCUT2D eigenvalue weighted by molar-refractivity contribution is 7.92. The SMILES string of the molecule is COc1cc([C@@H]2[C@@H](S(=O)(=O)c3ccccc3)C[C@H](CC(C)C)N2P(=O)(c2ccccc2)c2ccccc2)cc(OC)c1OC.